The van der Waals surface area contributed by atoms with Gasteiger partial charge in [-0.05, 0) is 67.1 Å². The molecule has 4 N–H and O–H groups in total. The Hall–Kier alpha value is -3.98. The van der Waals surface area contributed by atoms with Crippen molar-refractivity contribution in [2.45, 2.75) is 51.9 Å². The summed E-state index contributed by atoms with van der Waals surface area (Å²) < 4.78 is 16.4. The minimum atomic E-state index is -0.459. The number of carbonyl (C=O) groups is 2. The van der Waals surface area contributed by atoms with Gasteiger partial charge in [-0.3, -0.25) is 9.59 Å². The molecule has 2 atom stereocenters. The number of hydrogen-bond acceptors (Lipinski definition) is 6. The van der Waals surface area contributed by atoms with Crippen LogP contribution in [0, 0.1) is 11.7 Å². The second-order valence-corrected chi connectivity index (χ2v) is 10.6. The van der Waals surface area contributed by atoms with Crippen molar-refractivity contribution in [1.82, 2.24) is 19.7 Å². The van der Waals surface area contributed by atoms with E-state index in [0.29, 0.717) is 35.5 Å². The lowest BCUT2D eigenvalue weighted by Gasteiger charge is -2.27. The molecule has 2 unspecified atom stereocenters. The molecule has 212 valence electrons. The van der Waals surface area contributed by atoms with Crippen LogP contribution in [0.2, 0.25) is 0 Å². The number of aromatic nitrogens is 2. The molecule has 8 nitrogen and oxygen atoms in total. The highest BCUT2D eigenvalue weighted by Crippen LogP contribution is 2.51. The highest BCUT2D eigenvalue weighted by atomic mass is 19.1. The van der Waals surface area contributed by atoms with Crippen molar-refractivity contribution < 1.29 is 14.0 Å². The molecule has 1 aromatic heterocycles. The van der Waals surface area contributed by atoms with Crippen LogP contribution in [-0.2, 0) is 0 Å². The quantitative estimate of drug-likeness (QED) is 0.238. The Labute approximate surface area is 235 Å². The predicted molar refractivity (Wildman–Crippen MR) is 155 cm³/mol. The minimum Gasteiger partial charge on any atom is -0.401 e. The standard InChI is InChI=1S/C28H31FN6O2.C3H8/c1-33(31)16-26(30)24-14-25(24)27-21(17-36)15-32-35(27)23-7-5-6-18(13-23)19-10-20(12-22(29)11-19)28(37)34-8-3-2-4-9-34;1-3-2/h5-7,10-13,15-17,24-25H,2-4,8-9,14,30-31H2,1H3;3H2,1-2H3/b26-16-;. The topological polar surface area (TPSA) is 110 Å². The summed E-state index contributed by atoms with van der Waals surface area (Å²) in [5, 5.41) is 5.90. The summed E-state index contributed by atoms with van der Waals surface area (Å²) in [4.78, 5) is 26.6. The first-order valence-corrected chi connectivity index (χ1v) is 14.0. The normalized spacial score (nSPS) is 18.5. The fourth-order valence-electron chi connectivity index (χ4n) is 5.21. The van der Waals surface area contributed by atoms with Gasteiger partial charge in [0.2, 0.25) is 0 Å². The van der Waals surface area contributed by atoms with E-state index in [1.807, 2.05) is 24.3 Å². The van der Waals surface area contributed by atoms with Crippen LogP contribution in [0.5, 0.6) is 0 Å². The van der Waals surface area contributed by atoms with Crippen LogP contribution in [0.4, 0.5) is 4.39 Å². The molecule has 2 fully saturated rings. The predicted octanol–water partition coefficient (Wildman–Crippen LogP) is 5.24. The maximum Gasteiger partial charge on any atom is 0.253 e. The molecule has 2 aliphatic rings. The molecule has 5 rings (SSSR count). The van der Waals surface area contributed by atoms with Crippen molar-refractivity contribution in [3.05, 3.63) is 83.2 Å². The first-order valence-electron chi connectivity index (χ1n) is 14.0. The van der Waals surface area contributed by atoms with Gasteiger partial charge in [0, 0.05) is 49.4 Å². The van der Waals surface area contributed by atoms with Crippen LogP contribution in [-0.4, -0.2) is 52.0 Å². The molecule has 1 saturated carbocycles. The lowest BCUT2D eigenvalue weighted by Crippen LogP contribution is -2.35. The maximum atomic E-state index is 14.6. The molecule has 2 aromatic carbocycles. The molecule has 9 heteroatoms. The van der Waals surface area contributed by atoms with E-state index in [4.69, 9.17) is 11.6 Å². The van der Waals surface area contributed by atoms with Crippen LogP contribution in [0.15, 0.2) is 60.6 Å². The van der Waals surface area contributed by atoms with E-state index in [-0.39, 0.29) is 17.7 Å². The molecule has 1 aliphatic carbocycles. The zero-order chi connectivity index (χ0) is 28.8. The van der Waals surface area contributed by atoms with Crippen LogP contribution in [0.1, 0.15) is 78.3 Å². The Morgan fingerprint density at radius 3 is 2.52 bits per heavy atom. The molecular weight excluding hydrogens is 507 g/mol. The Kier molecular flexibility index (Phi) is 9.37. The monoisotopic (exact) mass is 546 g/mol. The number of hydrogen-bond donors (Lipinski definition) is 2. The summed E-state index contributed by atoms with van der Waals surface area (Å²) in [5.74, 6) is 5.20. The van der Waals surface area contributed by atoms with E-state index in [9.17, 15) is 14.0 Å². The Morgan fingerprint density at radius 1 is 1.12 bits per heavy atom. The van der Waals surface area contributed by atoms with Gasteiger partial charge in [0.05, 0.1) is 23.1 Å². The number of rotatable bonds is 7. The number of halogens is 1. The average molecular weight is 547 g/mol. The molecule has 0 spiro atoms. The SMILES string of the molecule is CCC.CN(N)/C=C(\N)C1CC1c1c(C=O)cnn1-c1cccc(-c2cc(F)cc(C(=O)N3CCCCC3)c2)c1. The number of hydrazine groups is 1. The number of benzene rings is 2. The first kappa shape index (κ1) is 29.0. The van der Waals surface area contributed by atoms with E-state index in [1.165, 1.54) is 23.6 Å². The van der Waals surface area contributed by atoms with E-state index >= 15 is 0 Å². The third kappa shape index (κ3) is 6.59. The van der Waals surface area contributed by atoms with E-state index < -0.39 is 5.82 Å². The van der Waals surface area contributed by atoms with Crippen molar-refractivity contribution in [3.63, 3.8) is 0 Å². The largest absolute Gasteiger partial charge is 0.401 e. The van der Waals surface area contributed by atoms with Gasteiger partial charge < -0.3 is 15.6 Å². The Bertz CT molecular complexity index is 1380. The second-order valence-electron chi connectivity index (χ2n) is 10.6. The van der Waals surface area contributed by atoms with Gasteiger partial charge in [-0.25, -0.2) is 14.9 Å². The number of aldehydes is 1. The van der Waals surface area contributed by atoms with Crippen molar-refractivity contribution >= 4 is 12.2 Å². The van der Waals surface area contributed by atoms with Crippen molar-refractivity contribution in [3.8, 4) is 16.8 Å². The minimum absolute atomic E-state index is 0.0329. The fraction of sp³-hybridized carbons (Fsp3) is 0.387. The van der Waals surface area contributed by atoms with Gasteiger partial charge in [0.25, 0.3) is 5.91 Å². The molecule has 1 aliphatic heterocycles. The van der Waals surface area contributed by atoms with Gasteiger partial charge in [-0.2, -0.15) is 5.10 Å². The number of amides is 1. The molecule has 0 radical (unpaired) electrons. The van der Waals surface area contributed by atoms with E-state index in [1.54, 1.807) is 35.1 Å². The summed E-state index contributed by atoms with van der Waals surface area (Å²) in [6.07, 6.45) is 9.12. The Morgan fingerprint density at radius 2 is 1.85 bits per heavy atom. The van der Waals surface area contributed by atoms with Crippen LogP contribution in [0.25, 0.3) is 16.8 Å². The molecule has 1 amide bonds. The number of piperidine rings is 1. The zero-order valence-electron chi connectivity index (χ0n) is 23.5. The number of nitrogens with zero attached hydrogens (tertiary/aromatic N) is 4. The van der Waals surface area contributed by atoms with Gasteiger partial charge >= 0.3 is 0 Å². The van der Waals surface area contributed by atoms with Crippen molar-refractivity contribution in [2.24, 2.45) is 17.5 Å². The van der Waals surface area contributed by atoms with Crippen LogP contribution < -0.4 is 11.6 Å². The van der Waals surface area contributed by atoms with Crippen molar-refractivity contribution in [2.75, 3.05) is 20.1 Å². The maximum absolute atomic E-state index is 14.6. The molecular formula is C31H39FN6O2. The van der Waals surface area contributed by atoms with Crippen LogP contribution >= 0.6 is 0 Å². The highest BCUT2D eigenvalue weighted by molar-refractivity contribution is 5.95. The molecule has 2 heterocycles. The zero-order valence-corrected chi connectivity index (χ0v) is 23.5. The lowest BCUT2D eigenvalue weighted by molar-refractivity contribution is 0.0723. The summed E-state index contributed by atoms with van der Waals surface area (Å²) in [5.41, 5.74) is 10.6. The number of allylic oxidation sites excluding steroid dienone is 1. The van der Waals surface area contributed by atoms with Gasteiger partial charge in [0.15, 0.2) is 6.29 Å². The van der Waals surface area contributed by atoms with Gasteiger partial charge in [-0.1, -0.05) is 32.4 Å². The molecule has 1 saturated heterocycles. The molecule has 40 heavy (non-hydrogen) atoms. The molecule has 3 aromatic rings. The third-order valence-electron chi connectivity index (χ3n) is 7.10. The number of carbonyl (C=O) groups excluding carboxylic acids is 2. The lowest BCUT2D eigenvalue weighted by atomic mass is 10.0. The summed E-state index contributed by atoms with van der Waals surface area (Å²) in [7, 11) is 1.70. The first-order chi connectivity index (χ1) is 19.3. The summed E-state index contributed by atoms with van der Waals surface area (Å²) in [6, 6.07) is 12.0. The third-order valence-corrected chi connectivity index (χ3v) is 7.10. The highest BCUT2D eigenvalue weighted by Gasteiger charge is 2.44. The Balaban J connectivity index is 0.00000118. The van der Waals surface area contributed by atoms with Crippen molar-refractivity contribution in [1.29, 1.82) is 0 Å². The average Bonchev–Trinajstić information content (AvgIpc) is 3.63. The van der Waals surface area contributed by atoms with Gasteiger partial charge in [-0.15, -0.1) is 0 Å². The number of nitrogens with two attached hydrogens (primary N) is 2. The van der Waals surface area contributed by atoms with E-state index in [2.05, 4.69) is 18.9 Å². The fourth-order valence-corrected chi connectivity index (χ4v) is 5.21. The molecule has 0 bridgehead atoms. The summed E-state index contributed by atoms with van der Waals surface area (Å²) >= 11 is 0. The summed E-state index contributed by atoms with van der Waals surface area (Å²) in [6.45, 7) is 5.65. The smallest absolute Gasteiger partial charge is 0.253 e. The van der Waals surface area contributed by atoms with E-state index in [0.717, 1.165) is 48.9 Å². The number of likely N-dealkylation sites (tertiary alicyclic amines) is 1. The van der Waals surface area contributed by atoms with Crippen LogP contribution in [0.3, 0.4) is 0 Å². The second kappa shape index (κ2) is 12.9. The van der Waals surface area contributed by atoms with Gasteiger partial charge in [0.1, 0.15) is 5.82 Å².